The highest BCUT2D eigenvalue weighted by molar-refractivity contribution is 6.34. The Kier molecular flexibility index (Phi) is 6.00. The minimum absolute atomic E-state index is 0.333. The third-order valence-corrected chi connectivity index (χ3v) is 5.01. The maximum atomic E-state index is 6.10. The van der Waals surface area contributed by atoms with Gasteiger partial charge in [-0.25, -0.2) is 4.98 Å². The number of piperazine rings is 1. The molecule has 6 nitrogen and oxygen atoms in total. The summed E-state index contributed by atoms with van der Waals surface area (Å²) < 4.78 is 7.93. The van der Waals surface area contributed by atoms with Gasteiger partial charge in [0.05, 0.1) is 0 Å². The molecule has 28 heavy (non-hydrogen) atoms. The van der Waals surface area contributed by atoms with Gasteiger partial charge in [0.25, 0.3) is 0 Å². The molecule has 2 aromatic heterocycles. The van der Waals surface area contributed by atoms with Crippen LogP contribution < -0.4 is 15.0 Å². The number of imidazole rings is 1. The van der Waals surface area contributed by atoms with Crippen molar-refractivity contribution in [2.24, 2.45) is 0 Å². The molecule has 0 radical (unpaired) electrons. The van der Waals surface area contributed by atoms with Crippen LogP contribution in [-0.2, 0) is 13.2 Å². The van der Waals surface area contributed by atoms with E-state index in [1.165, 1.54) is 0 Å². The molecule has 3 heterocycles. The predicted octanol–water partition coefficient (Wildman–Crippen LogP) is 3.62. The van der Waals surface area contributed by atoms with Gasteiger partial charge in [-0.3, -0.25) is 0 Å². The van der Waals surface area contributed by atoms with Gasteiger partial charge in [-0.15, -0.1) is 0 Å². The molecular weight excluding hydrogens is 397 g/mol. The molecule has 3 aromatic rings. The number of benzene rings is 1. The standard InChI is InChI=1S/C20H21Cl2N5O/c21-16-10-15(11-17(22)12-16)13-27-9-6-24-19(27)14-28-20-3-1-2-18(25-20)26-7-4-23-5-8-26/h1-3,6,9-12,23H,4-5,7-8,13-14H2. The highest BCUT2D eigenvalue weighted by Crippen LogP contribution is 2.21. The van der Waals surface area contributed by atoms with E-state index in [-0.39, 0.29) is 0 Å². The summed E-state index contributed by atoms with van der Waals surface area (Å²) in [5, 5.41) is 4.59. The van der Waals surface area contributed by atoms with Crippen molar-refractivity contribution >= 4 is 29.0 Å². The molecule has 0 amide bonds. The topological polar surface area (TPSA) is 55.2 Å². The maximum absolute atomic E-state index is 6.10. The van der Waals surface area contributed by atoms with E-state index >= 15 is 0 Å². The molecule has 0 unspecified atom stereocenters. The molecule has 0 aliphatic carbocycles. The number of halogens is 2. The van der Waals surface area contributed by atoms with Gasteiger partial charge in [-0.05, 0) is 29.8 Å². The van der Waals surface area contributed by atoms with Gasteiger partial charge in [-0.1, -0.05) is 29.3 Å². The van der Waals surface area contributed by atoms with Crippen LogP contribution in [0.25, 0.3) is 0 Å². The first-order chi connectivity index (χ1) is 13.7. The molecule has 1 aliphatic rings. The predicted molar refractivity (Wildman–Crippen MR) is 111 cm³/mol. The van der Waals surface area contributed by atoms with Crippen molar-refractivity contribution in [3.63, 3.8) is 0 Å². The van der Waals surface area contributed by atoms with Gasteiger partial charge in [-0.2, -0.15) is 4.98 Å². The first-order valence-corrected chi connectivity index (χ1v) is 9.93. The Bertz CT molecular complexity index is 920. The Labute approximate surface area is 174 Å². The Morgan fingerprint density at radius 2 is 1.86 bits per heavy atom. The molecule has 0 spiro atoms. The summed E-state index contributed by atoms with van der Waals surface area (Å²) in [4.78, 5) is 11.3. The number of aromatic nitrogens is 3. The van der Waals surface area contributed by atoms with E-state index in [4.69, 9.17) is 27.9 Å². The number of hydrogen-bond acceptors (Lipinski definition) is 5. The van der Waals surface area contributed by atoms with Gasteiger partial charge >= 0.3 is 0 Å². The van der Waals surface area contributed by atoms with Gasteiger partial charge < -0.3 is 19.5 Å². The Hall–Kier alpha value is -2.28. The fourth-order valence-electron chi connectivity index (χ4n) is 3.22. The monoisotopic (exact) mass is 417 g/mol. The van der Waals surface area contributed by atoms with Crippen molar-refractivity contribution in [2.75, 3.05) is 31.1 Å². The molecule has 1 fully saturated rings. The highest BCUT2D eigenvalue weighted by Gasteiger charge is 2.13. The maximum Gasteiger partial charge on any atom is 0.215 e. The van der Waals surface area contributed by atoms with Crippen molar-refractivity contribution < 1.29 is 4.74 Å². The summed E-state index contributed by atoms with van der Waals surface area (Å²) in [6, 6.07) is 11.4. The molecule has 1 aromatic carbocycles. The molecule has 146 valence electrons. The average Bonchev–Trinajstić information content (AvgIpc) is 3.13. The van der Waals surface area contributed by atoms with Crippen LogP contribution in [0.4, 0.5) is 5.82 Å². The van der Waals surface area contributed by atoms with Crippen molar-refractivity contribution in [2.45, 2.75) is 13.2 Å². The number of ether oxygens (including phenoxy) is 1. The van der Waals surface area contributed by atoms with E-state index in [0.717, 1.165) is 43.4 Å². The zero-order valence-corrected chi connectivity index (χ0v) is 16.8. The molecule has 0 saturated carbocycles. The SMILES string of the molecule is Clc1cc(Cl)cc(Cn2ccnc2COc2cccc(N3CCNCC3)n2)c1. The molecule has 0 bridgehead atoms. The number of rotatable bonds is 6. The van der Waals surface area contributed by atoms with Crippen molar-refractivity contribution in [3.05, 3.63) is 70.2 Å². The summed E-state index contributed by atoms with van der Waals surface area (Å²) in [7, 11) is 0. The van der Waals surface area contributed by atoms with Crippen LogP contribution in [0.2, 0.25) is 10.0 Å². The zero-order valence-electron chi connectivity index (χ0n) is 15.3. The third-order valence-electron chi connectivity index (χ3n) is 4.58. The Balaban J connectivity index is 1.42. The second-order valence-corrected chi connectivity index (χ2v) is 7.48. The zero-order chi connectivity index (χ0) is 19.3. The molecule has 0 atom stereocenters. The van der Waals surface area contributed by atoms with E-state index in [9.17, 15) is 0 Å². The molecule has 1 aliphatic heterocycles. The van der Waals surface area contributed by atoms with E-state index in [0.29, 0.717) is 29.1 Å². The van der Waals surface area contributed by atoms with Gasteiger partial charge in [0.15, 0.2) is 0 Å². The largest absolute Gasteiger partial charge is 0.469 e. The fraction of sp³-hybridized carbons (Fsp3) is 0.300. The molecule has 4 rings (SSSR count). The van der Waals surface area contributed by atoms with Gasteiger partial charge in [0, 0.05) is 61.2 Å². The number of pyridine rings is 1. The molecule has 1 saturated heterocycles. The van der Waals surface area contributed by atoms with Crippen LogP contribution in [0.3, 0.4) is 0 Å². The number of nitrogens with zero attached hydrogens (tertiary/aromatic N) is 4. The normalized spacial score (nSPS) is 14.3. The van der Waals surface area contributed by atoms with Crippen LogP contribution in [0, 0.1) is 0 Å². The first-order valence-electron chi connectivity index (χ1n) is 9.18. The summed E-state index contributed by atoms with van der Waals surface area (Å²) in [6.07, 6.45) is 3.67. The smallest absolute Gasteiger partial charge is 0.215 e. The summed E-state index contributed by atoms with van der Waals surface area (Å²) >= 11 is 12.2. The van der Waals surface area contributed by atoms with E-state index < -0.39 is 0 Å². The molecule has 8 heteroatoms. The minimum atomic E-state index is 0.333. The van der Waals surface area contributed by atoms with E-state index in [1.807, 2.05) is 41.1 Å². The average molecular weight is 418 g/mol. The molecule has 1 N–H and O–H groups in total. The summed E-state index contributed by atoms with van der Waals surface area (Å²) in [5.41, 5.74) is 1.01. The van der Waals surface area contributed by atoms with Crippen LogP contribution in [0.15, 0.2) is 48.8 Å². The van der Waals surface area contributed by atoms with Crippen LogP contribution in [0.1, 0.15) is 11.4 Å². The second-order valence-electron chi connectivity index (χ2n) is 6.61. The second kappa shape index (κ2) is 8.82. The quantitative estimate of drug-likeness (QED) is 0.663. The lowest BCUT2D eigenvalue weighted by Gasteiger charge is -2.28. The van der Waals surface area contributed by atoms with Crippen molar-refractivity contribution in [3.8, 4) is 5.88 Å². The highest BCUT2D eigenvalue weighted by atomic mass is 35.5. The summed E-state index contributed by atoms with van der Waals surface area (Å²) in [6.45, 7) is 4.79. The Morgan fingerprint density at radius 1 is 1.07 bits per heavy atom. The van der Waals surface area contributed by atoms with Crippen molar-refractivity contribution in [1.82, 2.24) is 19.9 Å². The summed E-state index contributed by atoms with van der Waals surface area (Å²) in [5.74, 6) is 2.35. The minimum Gasteiger partial charge on any atom is -0.469 e. The van der Waals surface area contributed by atoms with Crippen LogP contribution >= 0.6 is 23.2 Å². The lowest BCUT2D eigenvalue weighted by molar-refractivity contribution is 0.279. The number of hydrogen-bond donors (Lipinski definition) is 1. The van der Waals surface area contributed by atoms with E-state index in [2.05, 4.69) is 20.2 Å². The van der Waals surface area contributed by atoms with E-state index in [1.54, 1.807) is 12.3 Å². The lowest BCUT2D eigenvalue weighted by atomic mass is 10.2. The first kappa shape index (κ1) is 19.1. The number of anilines is 1. The Morgan fingerprint density at radius 3 is 2.64 bits per heavy atom. The fourth-order valence-corrected chi connectivity index (χ4v) is 3.79. The van der Waals surface area contributed by atoms with Gasteiger partial charge in [0.2, 0.25) is 5.88 Å². The van der Waals surface area contributed by atoms with Crippen molar-refractivity contribution in [1.29, 1.82) is 0 Å². The van der Waals surface area contributed by atoms with Crippen LogP contribution in [0.5, 0.6) is 5.88 Å². The lowest BCUT2D eigenvalue weighted by Crippen LogP contribution is -2.43. The number of nitrogens with one attached hydrogen (secondary N) is 1. The van der Waals surface area contributed by atoms with Crippen LogP contribution in [-0.4, -0.2) is 40.7 Å². The third kappa shape index (κ3) is 4.76. The van der Waals surface area contributed by atoms with Gasteiger partial charge in [0.1, 0.15) is 18.2 Å². The molecular formula is C20H21Cl2N5O.